The van der Waals surface area contributed by atoms with Crippen molar-refractivity contribution in [3.05, 3.63) is 47.9 Å². The lowest BCUT2D eigenvalue weighted by molar-refractivity contribution is 0.0810. The van der Waals surface area contributed by atoms with E-state index < -0.39 is 12.1 Å². The number of nitrogens with zero attached hydrogens (tertiary/aromatic N) is 3. The Bertz CT molecular complexity index is 935. The number of carbonyl (C=O) groups is 1. The summed E-state index contributed by atoms with van der Waals surface area (Å²) in [6, 6.07) is 5.70. The Morgan fingerprint density at radius 2 is 2.25 bits per heavy atom. The maximum absolute atomic E-state index is 11.0. The Kier molecular flexibility index (Phi) is 3.42. The monoisotopic (exact) mass is 324 g/mol. The first-order valence-electron chi connectivity index (χ1n) is 7.59. The third-order valence-corrected chi connectivity index (χ3v) is 4.35. The molecule has 1 unspecified atom stereocenters. The molecule has 2 N–H and O–H groups in total. The number of hydrogen-bond acceptors (Lipinski definition) is 4. The number of hydrogen-bond donors (Lipinski definition) is 2. The van der Waals surface area contributed by atoms with Crippen molar-refractivity contribution >= 4 is 17.0 Å². The van der Waals surface area contributed by atoms with E-state index in [9.17, 15) is 4.79 Å². The molecule has 0 radical (unpaired) electrons. The summed E-state index contributed by atoms with van der Waals surface area (Å²) in [5, 5.41) is 16.8. The van der Waals surface area contributed by atoms with Crippen LogP contribution in [0, 0.1) is 0 Å². The van der Waals surface area contributed by atoms with Gasteiger partial charge in [-0.15, -0.1) is 0 Å². The third kappa shape index (κ3) is 2.39. The summed E-state index contributed by atoms with van der Waals surface area (Å²) < 4.78 is 7.42. The average molecular weight is 324 g/mol. The number of fused-ring (bicyclic) bond motifs is 2. The van der Waals surface area contributed by atoms with Crippen LogP contribution in [0.3, 0.4) is 0 Å². The van der Waals surface area contributed by atoms with Gasteiger partial charge >= 0.3 is 6.09 Å². The smallest absolute Gasteiger partial charge is 0.405 e. The van der Waals surface area contributed by atoms with Gasteiger partial charge in [0.2, 0.25) is 0 Å². The number of amides is 1. The summed E-state index contributed by atoms with van der Waals surface area (Å²) in [7, 11) is 1.90. The van der Waals surface area contributed by atoms with Gasteiger partial charge < -0.3 is 15.2 Å². The molecule has 0 saturated heterocycles. The van der Waals surface area contributed by atoms with Gasteiger partial charge in [0, 0.05) is 36.0 Å². The van der Waals surface area contributed by atoms with E-state index >= 15 is 0 Å². The Labute approximate surface area is 137 Å². The number of aryl methyl sites for hydroxylation is 1. The summed E-state index contributed by atoms with van der Waals surface area (Å²) in [6.45, 7) is 0.750. The third-order valence-electron chi connectivity index (χ3n) is 4.35. The molecule has 0 bridgehead atoms. The summed E-state index contributed by atoms with van der Waals surface area (Å²) >= 11 is 0. The zero-order valence-electron chi connectivity index (χ0n) is 13.1. The summed E-state index contributed by atoms with van der Waals surface area (Å²) in [5.41, 5.74) is 4.83. The Hall–Kier alpha value is -2.93. The Morgan fingerprint density at radius 3 is 3.08 bits per heavy atom. The molecule has 24 heavy (non-hydrogen) atoms. The molecule has 7 nitrogen and oxygen atoms in total. The molecule has 4 rings (SSSR count). The molecule has 1 atom stereocenters. The second-order valence-corrected chi connectivity index (χ2v) is 5.81. The number of carboxylic acid groups (broad SMARTS) is 1. The van der Waals surface area contributed by atoms with Gasteiger partial charge in [-0.3, -0.25) is 9.67 Å². The van der Waals surface area contributed by atoms with Crippen LogP contribution < -0.4 is 5.32 Å². The van der Waals surface area contributed by atoms with Crippen LogP contribution in [0.4, 0.5) is 4.79 Å². The summed E-state index contributed by atoms with van der Waals surface area (Å²) in [6.07, 6.45) is 4.26. The zero-order valence-corrected chi connectivity index (χ0v) is 13.1. The predicted molar refractivity (Wildman–Crippen MR) is 87.5 cm³/mol. The van der Waals surface area contributed by atoms with E-state index in [1.807, 2.05) is 30.1 Å². The minimum atomic E-state index is -1.07. The van der Waals surface area contributed by atoms with Crippen molar-refractivity contribution in [3.8, 4) is 11.1 Å². The highest BCUT2D eigenvalue weighted by Gasteiger charge is 2.25. The van der Waals surface area contributed by atoms with Crippen LogP contribution in [0.5, 0.6) is 0 Å². The molecule has 0 saturated carbocycles. The fraction of sp³-hybridized carbons (Fsp3) is 0.235. The topological polar surface area (TPSA) is 89.3 Å². The molecule has 3 heterocycles. The lowest BCUT2D eigenvalue weighted by Crippen LogP contribution is -2.33. The van der Waals surface area contributed by atoms with Crippen LogP contribution in [0.15, 0.2) is 36.8 Å². The van der Waals surface area contributed by atoms with Crippen molar-refractivity contribution in [1.29, 1.82) is 0 Å². The van der Waals surface area contributed by atoms with Crippen molar-refractivity contribution in [1.82, 2.24) is 20.1 Å². The maximum atomic E-state index is 11.0. The van der Waals surface area contributed by atoms with E-state index in [1.165, 1.54) is 0 Å². The lowest BCUT2D eigenvalue weighted by atomic mass is 9.93. The maximum Gasteiger partial charge on any atom is 0.405 e. The molecule has 0 fully saturated rings. The molecule has 1 aliphatic rings. The second-order valence-electron chi connectivity index (χ2n) is 5.81. The van der Waals surface area contributed by atoms with Crippen molar-refractivity contribution < 1.29 is 14.6 Å². The molecule has 0 spiro atoms. The number of nitrogens with one attached hydrogen (secondary N) is 1. The van der Waals surface area contributed by atoms with Gasteiger partial charge in [0.1, 0.15) is 0 Å². The van der Waals surface area contributed by atoms with E-state index in [0.29, 0.717) is 13.2 Å². The minimum Gasteiger partial charge on any atom is -0.465 e. The number of aromatic nitrogens is 3. The van der Waals surface area contributed by atoms with Crippen LogP contribution in [0.25, 0.3) is 22.0 Å². The quantitative estimate of drug-likeness (QED) is 0.756. The lowest BCUT2D eigenvalue weighted by Gasteiger charge is -2.27. The normalized spacial score (nSPS) is 16.8. The van der Waals surface area contributed by atoms with E-state index in [1.54, 1.807) is 12.4 Å². The van der Waals surface area contributed by atoms with Crippen molar-refractivity contribution in [2.75, 3.05) is 6.61 Å². The first-order valence-corrected chi connectivity index (χ1v) is 7.59. The Balaban J connectivity index is 1.83. The second kappa shape index (κ2) is 5.61. The van der Waals surface area contributed by atoms with Crippen LogP contribution >= 0.6 is 0 Å². The van der Waals surface area contributed by atoms with E-state index in [2.05, 4.69) is 21.5 Å². The molecule has 0 aliphatic carbocycles. The first-order chi connectivity index (χ1) is 11.6. The van der Waals surface area contributed by atoms with Gasteiger partial charge in [0.25, 0.3) is 0 Å². The molecule has 1 aliphatic heterocycles. The fourth-order valence-corrected chi connectivity index (χ4v) is 3.16. The molecule has 3 aromatic rings. The SMILES string of the molecule is Cn1ncc2ccc(-c3cncc4c3COCC4NC(=O)O)cc21. The van der Waals surface area contributed by atoms with E-state index in [0.717, 1.165) is 33.2 Å². The molecule has 1 aromatic carbocycles. The number of ether oxygens (including phenoxy) is 1. The molecule has 2 aromatic heterocycles. The van der Waals surface area contributed by atoms with Crippen LogP contribution in [-0.2, 0) is 18.4 Å². The van der Waals surface area contributed by atoms with Gasteiger partial charge in [0.15, 0.2) is 0 Å². The van der Waals surface area contributed by atoms with Crippen molar-refractivity contribution in [2.24, 2.45) is 7.05 Å². The van der Waals surface area contributed by atoms with Crippen LogP contribution in [0.2, 0.25) is 0 Å². The average Bonchev–Trinajstić information content (AvgIpc) is 2.95. The van der Waals surface area contributed by atoms with Gasteiger partial charge in [-0.2, -0.15) is 5.10 Å². The van der Waals surface area contributed by atoms with Crippen LogP contribution in [0.1, 0.15) is 17.2 Å². The minimum absolute atomic E-state index is 0.311. The molecular formula is C17H16N4O3. The standard InChI is InChI=1S/C17H16N4O3/c1-21-16-4-10(2-3-11(16)5-19-21)12-6-18-7-13-14(12)8-24-9-15(13)20-17(22)23/h2-7,15,20H,8-9H2,1H3,(H,22,23). The molecule has 7 heteroatoms. The van der Waals surface area contributed by atoms with Crippen molar-refractivity contribution in [2.45, 2.75) is 12.6 Å². The summed E-state index contributed by atoms with van der Waals surface area (Å²) in [4.78, 5) is 15.3. The van der Waals surface area contributed by atoms with Crippen LogP contribution in [-0.4, -0.2) is 32.6 Å². The Morgan fingerprint density at radius 1 is 1.38 bits per heavy atom. The summed E-state index contributed by atoms with van der Waals surface area (Å²) in [5.74, 6) is 0. The molecule has 122 valence electrons. The van der Waals surface area contributed by atoms with Gasteiger partial charge in [-0.1, -0.05) is 12.1 Å². The molecular weight excluding hydrogens is 308 g/mol. The number of pyridine rings is 1. The highest BCUT2D eigenvalue weighted by atomic mass is 16.5. The number of benzene rings is 1. The van der Waals surface area contributed by atoms with E-state index in [-0.39, 0.29) is 0 Å². The predicted octanol–water partition coefficient (Wildman–Crippen LogP) is 2.47. The fourth-order valence-electron chi connectivity index (χ4n) is 3.16. The highest BCUT2D eigenvalue weighted by Crippen LogP contribution is 2.33. The zero-order chi connectivity index (χ0) is 16.7. The van der Waals surface area contributed by atoms with Gasteiger partial charge in [0.05, 0.1) is 31.0 Å². The van der Waals surface area contributed by atoms with Gasteiger partial charge in [-0.05, 0) is 17.2 Å². The molecule has 1 amide bonds. The van der Waals surface area contributed by atoms with Gasteiger partial charge in [-0.25, -0.2) is 4.79 Å². The van der Waals surface area contributed by atoms with Crippen molar-refractivity contribution in [3.63, 3.8) is 0 Å². The van der Waals surface area contributed by atoms with E-state index in [4.69, 9.17) is 9.84 Å². The largest absolute Gasteiger partial charge is 0.465 e. The number of rotatable bonds is 2. The first kappa shape index (κ1) is 14.6. The highest BCUT2D eigenvalue weighted by molar-refractivity contribution is 5.85.